The molecular weight excluding hydrogens is 569 g/mol. The number of carbonyl (C=O) groups is 3. The van der Waals surface area contributed by atoms with Crippen molar-refractivity contribution in [3.63, 3.8) is 0 Å². The highest BCUT2D eigenvalue weighted by molar-refractivity contribution is 7.99. The van der Waals surface area contributed by atoms with E-state index >= 15 is 0 Å². The number of fused-ring (bicyclic) bond motifs is 1. The number of nitrogens with zero attached hydrogens (tertiary/aromatic N) is 3. The zero-order chi connectivity index (χ0) is 27.2. The molecule has 1 aromatic carbocycles. The molecule has 13 heteroatoms. The van der Waals surface area contributed by atoms with Crippen molar-refractivity contribution in [2.75, 3.05) is 17.7 Å². The molecule has 9 nitrogen and oxygen atoms in total. The Hall–Kier alpha value is -2.60. The topological polar surface area (TPSA) is 115 Å². The smallest absolute Gasteiger partial charge is 0.341 e. The number of rotatable bonds is 9. The minimum Gasteiger partial charge on any atom is -0.462 e. The zero-order valence-electron chi connectivity index (χ0n) is 20.9. The quantitative estimate of drug-likeness (QED) is 0.196. The van der Waals surface area contributed by atoms with E-state index in [1.165, 1.54) is 29.2 Å². The minimum absolute atomic E-state index is 0.0730. The molecule has 0 atom stereocenters. The summed E-state index contributed by atoms with van der Waals surface area (Å²) in [6.07, 6.45) is 4.93. The third kappa shape index (κ3) is 6.69. The molecule has 2 heterocycles. The average Bonchev–Trinajstić information content (AvgIpc) is 3.30. The second-order valence-corrected chi connectivity index (χ2v) is 11.5. The molecular formula is C25H27Cl2N5O4S2. The number of carbonyl (C=O) groups excluding carboxylic acids is 3. The average molecular weight is 597 g/mol. The molecule has 38 heavy (non-hydrogen) atoms. The summed E-state index contributed by atoms with van der Waals surface area (Å²) in [4.78, 5) is 39.2. The fourth-order valence-corrected chi connectivity index (χ4v) is 6.61. The number of aromatic nitrogens is 3. The van der Waals surface area contributed by atoms with Crippen molar-refractivity contribution >= 4 is 69.1 Å². The maximum Gasteiger partial charge on any atom is 0.341 e. The van der Waals surface area contributed by atoms with E-state index in [4.69, 9.17) is 27.9 Å². The molecule has 1 aliphatic carbocycles. The van der Waals surface area contributed by atoms with Gasteiger partial charge in [-0.2, -0.15) is 0 Å². The van der Waals surface area contributed by atoms with E-state index in [0.717, 1.165) is 42.5 Å². The highest BCUT2D eigenvalue weighted by Crippen LogP contribution is 2.38. The summed E-state index contributed by atoms with van der Waals surface area (Å²) in [5.41, 5.74) is 1.80. The van der Waals surface area contributed by atoms with E-state index in [9.17, 15) is 14.4 Å². The van der Waals surface area contributed by atoms with Crippen molar-refractivity contribution in [2.24, 2.45) is 7.05 Å². The van der Waals surface area contributed by atoms with Crippen LogP contribution in [0.25, 0.3) is 0 Å². The molecule has 2 N–H and O–H groups in total. The summed E-state index contributed by atoms with van der Waals surface area (Å²) >= 11 is 14.7. The van der Waals surface area contributed by atoms with Gasteiger partial charge in [-0.1, -0.05) is 41.4 Å². The van der Waals surface area contributed by atoms with Gasteiger partial charge >= 0.3 is 5.97 Å². The lowest BCUT2D eigenvalue weighted by atomic mass is 10.1. The van der Waals surface area contributed by atoms with Gasteiger partial charge in [-0.3, -0.25) is 9.59 Å². The first-order valence-electron chi connectivity index (χ1n) is 12.1. The van der Waals surface area contributed by atoms with Gasteiger partial charge in [0.15, 0.2) is 11.0 Å². The van der Waals surface area contributed by atoms with Crippen molar-refractivity contribution in [1.29, 1.82) is 0 Å². The van der Waals surface area contributed by atoms with Gasteiger partial charge in [0.05, 0.1) is 35.1 Å². The summed E-state index contributed by atoms with van der Waals surface area (Å²) in [6.45, 7) is 2.16. The first-order valence-corrected chi connectivity index (χ1v) is 14.7. The lowest BCUT2D eigenvalue weighted by molar-refractivity contribution is -0.113. The standard InChI is InChI=1S/C25H27Cl2N5O4S2/c1-3-36-24(35)21-16-7-5-4-6-8-18(16)38-23(21)29-20(33)13-37-25-31-30-19(32(25)2)12-28-22(34)15-10-9-14(26)11-17(15)27/h9-11H,3-8,12-13H2,1-2H3,(H,28,34)(H,29,33). The molecule has 0 spiro atoms. The van der Waals surface area contributed by atoms with Gasteiger partial charge in [0.2, 0.25) is 5.91 Å². The van der Waals surface area contributed by atoms with Crippen LogP contribution in [0.1, 0.15) is 63.2 Å². The predicted octanol–water partition coefficient (Wildman–Crippen LogP) is 5.29. The number of amides is 2. The van der Waals surface area contributed by atoms with Gasteiger partial charge in [0, 0.05) is 16.9 Å². The summed E-state index contributed by atoms with van der Waals surface area (Å²) in [6, 6.07) is 4.64. The molecule has 2 amide bonds. The fourth-order valence-electron chi connectivity index (χ4n) is 4.10. The number of nitrogens with one attached hydrogen (secondary N) is 2. The number of aryl methyl sites for hydroxylation is 1. The SMILES string of the molecule is CCOC(=O)c1c(NC(=O)CSc2nnc(CNC(=O)c3ccc(Cl)cc3Cl)n2C)sc2c1CCCCC2. The maximum atomic E-state index is 12.8. The Labute approximate surface area is 238 Å². The van der Waals surface area contributed by atoms with Crippen molar-refractivity contribution in [2.45, 2.75) is 50.7 Å². The van der Waals surface area contributed by atoms with Crippen LogP contribution in [-0.4, -0.2) is 44.9 Å². The van der Waals surface area contributed by atoms with Crippen LogP contribution in [0.5, 0.6) is 0 Å². The molecule has 0 saturated heterocycles. The Morgan fingerprint density at radius 3 is 2.71 bits per heavy atom. The number of hydrogen-bond donors (Lipinski definition) is 2. The fraction of sp³-hybridized carbons (Fsp3) is 0.400. The van der Waals surface area contributed by atoms with Crippen LogP contribution in [0, 0.1) is 0 Å². The number of benzene rings is 1. The minimum atomic E-state index is -0.394. The molecule has 0 bridgehead atoms. The molecule has 202 valence electrons. The first kappa shape index (κ1) is 28.4. The van der Waals surface area contributed by atoms with E-state index in [2.05, 4.69) is 20.8 Å². The van der Waals surface area contributed by atoms with Crippen LogP contribution >= 0.6 is 46.3 Å². The summed E-state index contributed by atoms with van der Waals surface area (Å²) < 4.78 is 7.00. The van der Waals surface area contributed by atoms with Crippen molar-refractivity contribution in [1.82, 2.24) is 20.1 Å². The van der Waals surface area contributed by atoms with E-state index in [0.29, 0.717) is 32.1 Å². The van der Waals surface area contributed by atoms with E-state index < -0.39 is 5.97 Å². The second-order valence-electron chi connectivity index (χ2n) is 8.59. The third-order valence-electron chi connectivity index (χ3n) is 5.99. The van der Waals surface area contributed by atoms with Gasteiger partial charge in [-0.25, -0.2) is 4.79 Å². The molecule has 3 aromatic rings. The second kappa shape index (κ2) is 13.0. The van der Waals surface area contributed by atoms with E-state index in [1.807, 2.05) is 0 Å². The Balaban J connectivity index is 1.37. The Bertz CT molecular complexity index is 1360. The van der Waals surface area contributed by atoms with Gasteiger partial charge in [0.1, 0.15) is 5.00 Å². The van der Waals surface area contributed by atoms with E-state index in [1.54, 1.807) is 30.7 Å². The normalized spacial score (nSPS) is 12.9. The first-order chi connectivity index (χ1) is 18.3. The molecule has 0 radical (unpaired) electrons. The van der Waals surface area contributed by atoms with Crippen molar-refractivity contribution in [3.8, 4) is 0 Å². The zero-order valence-corrected chi connectivity index (χ0v) is 24.1. The lowest BCUT2D eigenvalue weighted by Crippen LogP contribution is -2.24. The van der Waals surface area contributed by atoms with Crippen LogP contribution in [-0.2, 0) is 36.0 Å². The van der Waals surface area contributed by atoms with Gasteiger partial charge < -0.3 is 19.9 Å². The number of ether oxygens (including phenoxy) is 1. The monoisotopic (exact) mass is 595 g/mol. The Morgan fingerprint density at radius 2 is 1.95 bits per heavy atom. The van der Waals surface area contributed by atoms with Gasteiger partial charge in [-0.15, -0.1) is 21.5 Å². The Morgan fingerprint density at radius 1 is 1.16 bits per heavy atom. The molecule has 0 saturated carbocycles. The van der Waals surface area contributed by atoms with Crippen LogP contribution < -0.4 is 10.6 Å². The third-order valence-corrected chi connectivity index (χ3v) is 8.77. The highest BCUT2D eigenvalue weighted by atomic mass is 35.5. The number of hydrogen-bond acceptors (Lipinski definition) is 8. The van der Waals surface area contributed by atoms with Crippen molar-refractivity contribution in [3.05, 3.63) is 55.6 Å². The number of halogens is 2. The van der Waals surface area contributed by atoms with E-state index in [-0.39, 0.29) is 35.7 Å². The maximum absolute atomic E-state index is 12.8. The number of thioether (sulfide) groups is 1. The molecule has 1 aliphatic rings. The number of esters is 1. The van der Waals surface area contributed by atoms with Crippen LogP contribution in [0.4, 0.5) is 5.00 Å². The molecule has 0 fully saturated rings. The number of thiophene rings is 1. The largest absolute Gasteiger partial charge is 0.462 e. The highest BCUT2D eigenvalue weighted by Gasteiger charge is 2.26. The summed E-state index contributed by atoms with van der Waals surface area (Å²) in [5.74, 6) is -0.432. The molecule has 2 aromatic heterocycles. The van der Waals surface area contributed by atoms with Crippen LogP contribution in [0.3, 0.4) is 0 Å². The van der Waals surface area contributed by atoms with Gasteiger partial charge in [-0.05, 0) is 56.4 Å². The molecule has 0 aliphatic heterocycles. The predicted molar refractivity (Wildman–Crippen MR) is 150 cm³/mol. The van der Waals surface area contributed by atoms with Crippen molar-refractivity contribution < 1.29 is 19.1 Å². The van der Waals surface area contributed by atoms with Crippen LogP contribution in [0.15, 0.2) is 23.4 Å². The lowest BCUT2D eigenvalue weighted by Gasteiger charge is -2.09. The van der Waals surface area contributed by atoms with Gasteiger partial charge in [0.25, 0.3) is 5.91 Å². The summed E-state index contributed by atoms with van der Waals surface area (Å²) in [5, 5.41) is 15.7. The Kier molecular flexibility index (Phi) is 9.69. The van der Waals surface area contributed by atoms with Crippen LogP contribution in [0.2, 0.25) is 10.0 Å². The molecule has 0 unspecified atom stereocenters. The molecule has 4 rings (SSSR count). The summed E-state index contributed by atoms with van der Waals surface area (Å²) in [7, 11) is 1.76. The number of anilines is 1.